The quantitative estimate of drug-likeness (QED) is 0.491. The van der Waals surface area contributed by atoms with E-state index in [0.29, 0.717) is 11.4 Å². The van der Waals surface area contributed by atoms with E-state index in [0.717, 1.165) is 28.5 Å². The molecule has 152 valence electrons. The average Bonchev–Trinajstić information content (AvgIpc) is 3.10. The average molecular weight is 409 g/mol. The Morgan fingerprint density at radius 1 is 0.839 bits per heavy atom. The molecule has 7 rings (SSSR count). The third kappa shape index (κ3) is 2.03. The number of carbonyl (C=O) groups is 3. The third-order valence-corrected chi connectivity index (χ3v) is 7.20. The highest BCUT2D eigenvalue weighted by molar-refractivity contribution is 6.24. The molecule has 0 saturated carbocycles. The molecular weight excluding hydrogens is 390 g/mol. The number of hydrogen-bond acceptors (Lipinski definition) is 4. The van der Waals surface area contributed by atoms with Crippen LogP contribution in [0.1, 0.15) is 28.2 Å². The molecule has 31 heavy (non-hydrogen) atoms. The van der Waals surface area contributed by atoms with Crippen LogP contribution in [0.2, 0.25) is 0 Å². The van der Waals surface area contributed by atoms with Crippen LogP contribution in [0.3, 0.4) is 0 Å². The van der Waals surface area contributed by atoms with Crippen molar-refractivity contribution in [2.75, 3.05) is 12.0 Å². The van der Waals surface area contributed by atoms with Gasteiger partial charge in [0.1, 0.15) is 12.0 Å². The smallest absolute Gasteiger partial charge is 0.239 e. The molecule has 3 aromatic rings. The van der Waals surface area contributed by atoms with E-state index < -0.39 is 17.3 Å². The van der Waals surface area contributed by atoms with Gasteiger partial charge < -0.3 is 9.53 Å². The summed E-state index contributed by atoms with van der Waals surface area (Å²) in [6, 6.07) is 22.3. The van der Waals surface area contributed by atoms with E-state index in [2.05, 4.69) is 0 Å². The number of carbonyl (C=O) groups excluding carboxylic acids is 3. The first-order valence-corrected chi connectivity index (χ1v) is 10.3. The monoisotopic (exact) mass is 409 g/mol. The van der Waals surface area contributed by atoms with Crippen LogP contribution in [0.15, 0.2) is 72.8 Å². The Morgan fingerprint density at radius 3 is 1.97 bits per heavy atom. The van der Waals surface area contributed by atoms with Gasteiger partial charge in [-0.25, -0.2) is 4.90 Å². The SMILES string of the molecule is COc1ccc(N2C(=O)C3C4c5ccccc5C(C=O)(c5ccccc54)C3C2=O)cc1. The number of amides is 2. The molecule has 1 aliphatic heterocycles. The van der Waals surface area contributed by atoms with E-state index in [-0.39, 0.29) is 17.7 Å². The van der Waals surface area contributed by atoms with Crippen molar-refractivity contribution in [3.63, 3.8) is 0 Å². The fraction of sp³-hybridized carbons (Fsp3) is 0.192. The molecule has 3 aliphatic carbocycles. The van der Waals surface area contributed by atoms with Crippen LogP contribution in [0.5, 0.6) is 5.75 Å². The molecule has 1 heterocycles. The van der Waals surface area contributed by atoms with Crippen LogP contribution in [-0.4, -0.2) is 25.2 Å². The molecule has 4 aliphatic rings. The highest BCUT2D eigenvalue weighted by Gasteiger charge is 2.68. The van der Waals surface area contributed by atoms with Gasteiger partial charge in [0.25, 0.3) is 0 Å². The molecule has 3 aromatic carbocycles. The summed E-state index contributed by atoms with van der Waals surface area (Å²) in [6.45, 7) is 0. The highest BCUT2D eigenvalue weighted by Crippen LogP contribution is 2.63. The van der Waals surface area contributed by atoms with Crippen LogP contribution in [-0.2, 0) is 19.8 Å². The van der Waals surface area contributed by atoms with Gasteiger partial charge in [-0.15, -0.1) is 0 Å². The predicted molar refractivity (Wildman–Crippen MR) is 114 cm³/mol. The third-order valence-electron chi connectivity index (χ3n) is 7.20. The second-order valence-electron chi connectivity index (χ2n) is 8.35. The van der Waals surface area contributed by atoms with Gasteiger partial charge >= 0.3 is 0 Å². The molecule has 5 heteroatoms. The summed E-state index contributed by atoms with van der Waals surface area (Å²) in [5.74, 6) is -1.54. The Balaban J connectivity index is 1.60. The lowest BCUT2D eigenvalue weighted by Crippen LogP contribution is -2.54. The van der Waals surface area contributed by atoms with Gasteiger partial charge in [-0.3, -0.25) is 9.59 Å². The normalized spacial score (nSPS) is 27.5. The lowest BCUT2D eigenvalue weighted by molar-refractivity contribution is -0.128. The van der Waals surface area contributed by atoms with E-state index in [1.165, 1.54) is 4.90 Å². The summed E-state index contributed by atoms with van der Waals surface area (Å²) >= 11 is 0. The number of anilines is 1. The van der Waals surface area contributed by atoms with Gasteiger partial charge in [-0.1, -0.05) is 48.5 Å². The fourth-order valence-electron chi connectivity index (χ4n) is 6.02. The second kappa shape index (κ2) is 6.14. The Hall–Kier alpha value is -3.73. The molecule has 2 unspecified atom stereocenters. The molecule has 0 aromatic heterocycles. The number of aldehydes is 1. The first-order chi connectivity index (χ1) is 15.1. The van der Waals surface area contributed by atoms with Crippen LogP contribution >= 0.6 is 0 Å². The van der Waals surface area contributed by atoms with Gasteiger partial charge in [0.15, 0.2) is 0 Å². The lowest BCUT2D eigenvalue weighted by atomic mass is 9.48. The standard InChI is InChI=1S/C26H19NO4/c1-31-16-12-10-15(11-13-16)27-24(29)22-21-17-6-2-4-8-19(17)26(14-28,23(22)25(27)30)20-9-5-3-7-18(20)21/h2-14,21-23H,1H3. The van der Waals surface area contributed by atoms with Crippen molar-refractivity contribution < 1.29 is 19.1 Å². The molecule has 1 fully saturated rings. The summed E-state index contributed by atoms with van der Waals surface area (Å²) < 4.78 is 5.21. The maximum atomic E-state index is 13.8. The van der Waals surface area contributed by atoms with Crippen LogP contribution < -0.4 is 9.64 Å². The number of benzene rings is 3. The van der Waals surface area contributed by atoms with E-state index in [9.17, 15) is 14.4 Å². The second-order valence-corrected chi connectivity index (χ2v) is 8.35. The minimum absolute atomic E-state index is 0.250. The zero-order chi connectivity index (χ0) is 21.3. The Morgan fingerprint density at radius 2 is 1.42 bits per heavy atom. The zero-order valence-electron chi connectivity index (χ0n) is 16.8. The molecule has 0 spiro atoms. The van der Waals surface area contributed by atoms with E-state index in [1.807, 2.05) is 48.5 Å². The molecule has 2 atom stereocenters. The van der Waals surface area contributed by atoms with E-state index in [1.54, 1.807) is 31.4 Å². The van der Waals surface area contributed by atoms with Gasteiger partial charge in [-0.2, -0.15) is 0 Å². The minimum atomic E-state index is -1.17. The van der Waals surface area contributed by atoms with Gasteiger partial charge in [0.2, 0.25) is 11.8 Å². The maximum Gasteiger partial charge on any atom is 0.239 e. The summed E-state index contributed by atoms with van der Waals surface area (Å²) in [7, 11) is 1.57. The first-order valence-electron chi connectivity index (χ1n) is 10.3. The van der Waals surface area contributed by atoms with Crippen molar-refractivity contribution in [2.45, 2.75) is 11.3 Å². The fourth-order valence-corrected chi connectivity index (χ4v) is 6.02. The first kappa shape index (κ1) is 18.1. The van der Waals surface area contributed by atoms with Crippen molar-refractivity contribution in [1.82, 2.24) is 0 Å². The van der Waals surface area contributed by atoms with Crippen molar-refractivity contribution in [2.24, 2.45) is 11.8 Å². The Labute approximate surface area is 179 Å². The molecule has 0 radical (unpaired) electrons. The largest absolute Gasteiger partial charge is 0.497 e. The minimum Gasteiger partial charge on any atom is -0.497 e. The van der Waals surface area contributed by atoms with E-state index >= 15 is 0 Å². The number of methoxy groups -OCH3 is 1. The molecule has 1 saturated heterocycles. The maximum absolute atomic E-state index is 13.8. The van der Waals surface area contributed by atoms with Gasteiger partial charge in [0, 0.05) is 5.92 Å². The molecule has 0 N–H and O–H groups in total. The number of ether oxygens (including phenoxy) is 1. The number of imide groups is 1. The van der Waals surface area contributed by atoms with E-state index in [4.69, 9.17) is 4.74 Å². The van der Waals surface area contributed by atoms with Crippen molar-refractivity contribution >= 4 is 23.8 Å². The van der Waals surface area contributed by atoms with Crippen LogP contribution in [0.4, 0.5) is 5.69 Å². The lowest BCUT2D eigenvalue weighted by Gasteiger charge is -2.51. The molecule has 5 nitrogen and oxygen atoms in total. The highest BCUT2D eigenvalue weighted by atomic mass is 16.5. The summed E-state index contributed by atoms with van der Waals surface area (Å²) in [5.41, 5.74) is 2.94. The number of hydrogen-bond donors (Lipinski definition) is 0. The van der Waals surface area contributed by atoms with Crippen LogP contribution in [0, 0.1) is 11.8 Å². The molecule has 2 bridgehead atoms. The van der Waals surface area contributed by atoms with Crippen LogP contribution in [0.25, 0.3) is 0 Å². The van der Waals surface area contributed by atoms with Crippen molar-refractivity contribution in [3.05, 3.63) is 95.1 Å². The zero-order valence-corrected chi connectivity index (χ0v) is 16.8. The summed E-state index contributed by atoms with van der Waals surface area (Å²) in [4.78, 5) is 41.7. The molecule has 2 amide bonds. The van der Waals surface area contributed by atoms with Crippen molar-refractivity contribution in [3.8, 4) is 5.75 Å². The topological polar surface area (TPSA) is 63.7 Å². The van der Waals surface area contributed by atoms with Gasteiger partial charge in [-0.05, 0) is 46.5 Å². The summed E-state index contributed by atoms with van der Waals surface area (Å²) in [6.07, 6.45) is 0.889. The van der Waals surface area contributed by atoms with Gasteiger partial charge in [0.05, 0.1) is 30.0 Å². The number of nitrogens with zero attached hydrogens (tertiary/aromatic N) is 1. The summed E-state index contributed by atoms with van der Waals surface area (Å²) in [5, 5.41) is 0. The predicted octanol–water partition coefficient (Wildman–Crippen LogP) is 3.44. The van der Waals surface area contributed by atoms with Crippen molar-refractivity contribution in [1.29, 1.82) is 0 Å². The Bertz CT molecular complexity index is 1210. The molecular formula is C26H19NO4. The number of rotatable bonds is 3. The Kier molecular flexibility index (Phi) is 3.58.